The molecule has 1 atom stereocenters. The summed E-state index contributed by atoms with van der Waals surface area (Å²) in [5.41, 5.74) is 0.262. The molecule has 2 spiro atoms. The summed E-state index contributed by atoms with van der Waals surface area (Å²) in [6.45, 7) is 4.69. The van der Waals surface area contributed by atoms with E-state index in [0.717, 1.165) is 32.7 Å². The number of nitrogens with zero attached hydrogens (tertiary/aromatic N) is 1. The zero-order valence-corrected chi connectivity index (χ0v) is 12.4. The highest BCUT2D eigenvalue weighted by Crippen LogP contribution is 2.43. The lowest BCUT2D eigenvalue weighted by Crippen LogP contribution is -2.50. The summed E-state index contributed by atoms with van der Waals surface area (Å²) >= 11 is 0. The Morgan fingerprint density at radius 3 is 2.55 bits per heavy atom. The Labute approximate surface area is 121 Å². The van der Waals surface area contributed by atoms with Gasteiger partial charge in [0.05, 0.1) is 31.5 Å². The fourth-order valence-electron chi connectivity index (χ4n) is 4.66. The summed E-state index contributed by atoms with van der Waals surface area (Å²) in [6.07, 6.45) is 10.5. The Balaban J connectivity index is 1.33. The first-order valence-electron chi connectivity index (χ1n) is 8.46. The Bertz CT molecular complexity index is 348. The summed E-state index contributed by atoms with van der Waals surface area (Å²) in [4.78, 5) is 2.51. The van der Waals surface area contributed by atoms with Crippen LogP contribution < -0.4 is 0 Å². The summed E-state index contributed by atoms with van der Waals surface area (Å²) in [5, 5.41) is 0. The molecule has 3 saturated heterocycles. The summed E-state index contributed by atoms with van der Waals surface area (Å²) < 4.78 is 18.2. The molecule has 4 aliphatic rings. The zero-order chi connectivity index (χ0) is 13.5. The number of hydrogen-bond donors (Lipinski definition) is 0. The molecule has 0 radical (unpaired) electrons. The van der Waals surface area contributed by atoms with Gasteiger partial charge in [0.25, 0.3) is 0 Å². The molecule has 4 rings (SSSR count). The van der Waals surface area contributed by atoms with Crippen molar-refractivity contribution >= 4 is 0 Å². The van der Waals surface area contributed by atoms with Crippen molar-refractivity contribution < 1.29 is 14.2 Å². The lowest BCUT2D eigenvalue weighted by atomic mass is 9.98. The quantitative estimate of drug-likeness (QED) is 0.777. The molecule has 1 unspecified atom stereocenters. The highest BCUT2D eigenvalue weighted by molar-refractivity contribution is 4.94. The lowest BCUT2D eigenvalue weighted by molar-refractivity contribution is -0.192. The number of rotatable bonds is 2. The summed E-state index contributed by atoms with van der Waals surface area (Å²) in [6, 6.07) is 0. The van der Waals surface area contributed by atoms with Crippen LogP contribution in [0.2, 0.25) is 0 Å². The molecule has 20 heavy (non-hydrogen) atoms. The van der Waals surface area contributed by atoms with Crippen molar-refractivity contribution in [2.75, 3.05) is 32.8 Å². The normalized spacial score (nSPS) is 36.3. The monoisotopic (exact) mass is 281 g/mol. The van der Waals surface area contributed by atoms with Gasteiger partial charge in [0.1, 0.15) is 0 Å². The molecule has 0 bridgehead atoms. The van der Waals surface area contributed by atoms with Gasteiger partial charge >= 0.3 is 0 Å². The zero-order valence-electron chi connectivity index (χ0n) is 12.4. The van der Waals surface area contributed by atoms with E-state index in [4.69, 9.17) is 14.2 Å². The highest BCUT2D eigenvalue weighted by atomic mass is 16.7. The molecule has 1 saturated carbocycles. The van der Waals surface area contributed by atoms with Crippen LogP contribution in [0.1, 0.15) is 51.4 Å². The predicted molar refractivity (Wildman–Crippen MR) is 75.6 cm³/mol. The van der Waals surface area contributed by atoms with Gasteiger partial charge in [-0.05, 0) is 38.6 Å². The molecule has 4 fully saturated rings. The molecule has 0 amide bonds. The van der Waals surface area contributed by atoms with Crippen molar-refractivity contribution in [3.63, 3.8) is 0 Å². The second-order valence-corrected chi connectivity index (χ2v) is 7.11. The average Bonchev–Trinajstić information content (AvgIpc) is 3.16. The maximum absolute atomic E-state index is 6.44. The SMILES string of the molecule is C1CCC2(C1)CCC(CN1CCCC3(C1)OCCO3)O2. The Morgan fingerprint density at radius 1 is 0.950 bits per heavy atom. The van der Waals surface area contributed by atoms with E-state index in [1.807, 2.05) is 0 Å². The Morgan fingerprint density at radius 2 is 1.75 bits per heavy atom. The van der Waals surface area contributed by atoms with E-state index in [2.05, 4.69) is 4.90 Å². The van der Waals surface area contributed by atoms with E-state index in [-0.39, 0.29) is 11.4 Å². The fraction of sp³-hybridized carbons (Fsp3) is 1.00. The molecule has 0 aromatic heterocycles. The van der Waals surface area contributed by atoms with Crippen LogP contribution in [0.25, 0.3) is 0 Å². The number of hydrogen-bond acceptors (Lipinski definition) is 4. The van der Waals surface area contributed by atoms with E-state index in [9.17, 15) is 0 Å². The van der Waals surface area contributed by atoms with Gasteiger partial charge in [-0.3, -0.25) is 4.90 Å². The number of likely N-dealkylation sites (tertiary alicyclic amines) is 1. The minimum Gasteiger partial charge on any atom is -0.370 e. The Kier molecular flexibility index (Phi) is 3.53. The molecule has 0 aromatic rings. The molecule has 4 nitrogen and oxygen atoms in total. The second kappa shape index (κ2) is 5.24. The smallest absolute Gasteiger partial charge is 0.181 e. The van der Waals surface area contributed by atoms with Crippen molar-refractivity contribution in [1.82, 2.24) is 4.90 Å². The van der Waals surface area contributed by atoms with Gasteiger partial charge in [-0.1, -0.05) is 12.8 Å². The lowest BCUT2D eigenvalue weighted by Gasteiger charge is -2.39. The molecular formula is C16H27NO3. The number of piperidine rings is 1. The predicted octanol–water partition coefficient (Wildman–Crippen LogP) is 2.32. The first-order chi connectivity index (χ1) is 9.78. The van der Waals surface area contributed by atoms with Crippen LogP contribution in [-0.2, 0) is 14.2 Å². The van der Waals surface area contributed by atoms with Crippen LogP contribution in [0, 0.1) is 0 Å². The van der Waals surface area contributed by atoms with Crippen LogP contribution in [0.5, 0.6) is 0 Å². The maximum atomic E-state index is 6.44. The molecule has 1 aliphatic carbocycles. The van der Waals surface area contributed by atoms with Crippen molar-refractivity contribution in [3.05, 3.63) is 0 Å². The minimum absolute atomic E-state index is 0.262. The van der Waals surface area contributed by atoms with E-state index in [1.165, 1.54) is 51.5 Å². The van der Waals surface area contributed by atoms with Crippen LogP contribution in [0.4, 0.5) is 0 Å². The number of ether oxygens (including phenoxy) is 3. The third-order valence-electron chi connectivity index (χ3n) is 5.63. The molecular weight excluding hydrogens is 254 g/mol. The van der Waals surface area contributed by atoms with Crippen molar-refractivity contribution in [3.8, 4) is 0 Å². The van der Waals surface area contributed by atoms with E-state index >= 15 is 0 Å². The molecule has 3 aliphatic heterocycles. The van der Waals surface area contributed by atoms with Gasteiger partial charge in [-0.25, -0.2) is 0 Å². The standard InChI is InChI=1S/C16H27NO3/c1-2-6-15(5-1)8-4-14(20-15)12-17-9-3-7-16(13-17)18-10-11-19-16/h14H,1-13H2. The maximum Gasteiger partial charge on any atom is 0.181 e. The highest BCUT2D eigenvalue weighted by Gasteiger charge is 2.45. The van der Waals surface area contributed by atoms with E-state index in [1.54, 1.807) is 0 Å². The van der Waals surface area contributed by atoms with Crippen molar-refractivity contribution in [1.29, 1.82) is 0 Å². The largest absolute Gasteiger partial charge is 0.370 e. The van der Waals surface area contributed by atoms with E-state index in [0.29, 0.717) is 6.10 Å². The summed E-state index contributed by atoms with van der Waals surface area (Å²) in [5.74, 6) is -0.290. The van der Waals surface area contributed by atoms with Gasteiger partial charge in [0.2, 0.25) is 0 Å². The molecule has 114 valence electrons. The van der Waals surface area contributed by atoms with Crippen LogP contribution >= 0.6 is 0 Å². The van der Waals surface area contributed by atoms with Crippen molar-refractivity contribution in [2.24, 2.45) is 0 Å². The molecule has 0 N–H and O–H groups in total. The van der Waals surface area contributed by atoms with E-state index < -0.39 is 0 Å². The van der Waals surface area contributed by atoms with Crippen LogP contribution in [-0.4, -0.2) is 55.2 Å². The first-order valence-corrected chi connectivity index (χ1v) is 8.46. The van der Waals surface area contributed by atoms with Gasteiger partial charge in [-0.2, -0.15) is 0 Å². The molecule has 3 heterocycles. The van der Waals surface area contributed by atoms with Gasteiger partial charge < -0.3 is 14.2 Å². The first kappa shape index (κ1) is 13.5. The van der Waals surface area contributed by atoms with Crippen LogP contribution in [0.3, 0.4) is 0 Å². The third kappa shape index (κ3) is 2.52. The van der Waals surface area contributed by atoms with Gasteiger partial charge in [0, 0.05) is 13.0 Å². The van der Waals surface area contributed by atoms with Gasteiger partial charge in [-0.15, -0.1) is 0 Å². The van der Waals surface area contributed by atoms with Crippen LogP contribution in [0.15, 0.2) is 0 Å². The minimum atomic E-state index is -0.290. The molecule has 4 heteroatoms. The van der Waals surface area contributed by atoms with Crippen molar-refractivity contribution in [2.45, 2.75) is 68.9 Å². The topological polar surface area (TPSA) is 30.9 Å². The average molecular weight is 281 g/mol. The second-order valence-electron chi connectivity index (χ2n) is 7.11. The summed E-state index contributed by atoms with van der Waals surface area (Å²) in [7, 11) is 0. The fourth-order valence-corrected chi connectivity index (χ4v) is 4.66. The Hall–Kier alpha value is -0.160. The van der Waals surface area contributed by atoms with Gasteiger partial charge in [0.15, 0.2) is 5.79 Å². The third-order valence-corrected chi connectivity index (χ3v) is 5.63. The molecule has 0 aromatic carbocycles.